The van der Waals surface area contributed by atoms with Crippen molar-refractivity contribution in [3.63, 3.8) is 0 Å². The van der Waals surface area contributed by atoms with Gasteiger partial charge in [0.1, 0.15) is 17.2 Å². The number of hydrogen-bond donors (Lipinski definition) is 3. The first-order chi connectivity index (χ1) is 16.1. The number of hydrogen-bond acceptors (Lipinski definition) is 4. The maximum atomic E-state index is 13.0. The van der Waals surface area contributed by atoms with Gasteiger partial charge in [0, 0.05) is 31.5 Å². The summed E-state index contributed by atoms with van der Waals surface area (Å²) in [5.74, 6) is 0.640. The van der Waals surface area contributed by atoms with Crippen LogP contribution in [0.2, 0.25) is 5.02 Å². The van der Waals surface area contributed by atoms with Gasteiger partial charge in [0.2, 0.25) is 0 Å². The highest BCUT2D eigenvalue weighted by molar-refractivity contribution is 6.31. The highest BCUT2D eigenvalue weighted by Gasteiger charge is 2.33. The molecule has 0 spiro atoms. The minimum Gasteiger partial charge on any atom is -0.457 e. The van der Waals surface area contributed by atoms with Crippen molar-refractivity contribution in [1.82, 2.24) is 15.6 Å². The van der Waals surface area contributed by atoms with Gasteiger partial charge in [-0.05, 0) is 48.4 Å². The Morgan fingerprint density at radius 2 is 1.85 bits per heavy atom. The van der Waals surface area contributed by atoms with E-state index in [-0.39, 0.29) is 23.8 Å². The van der Waals surface area contributed by atoms with E-state index in [9.17, 15) is 22.8 Å². The van der Waals surface area contributed by atoms with E-state index < -0.39 is 22.8 Å². The molecule has 3 N–H and O–H groups in total. The average molecular weight is 493 g/mol. The fraction of sp³-hybridized carbons (Fsp3) is 0.174. The molecule has 0 atom stereocenters. The van der Waals surface area contributed by atoms with Crippen LogP contribution in [0.4, 0.5) is 23.7 Å². The number of halogens is 4. The van der Waals surface area contributed by atoms with E-state index in [2.05, 4.69) is 20.9 Å². The second-order valence-electron chi connectivity index (χ2n) is 7.16. The average Bonchev–Trinajstić information content (AvgIpc) is 2.79. The molecule has 0 aliphatic heterocycles. The van der Waals surface area contributed by atoms with Gasteiger partial charge >= 0.3 is 12.2 Å². The Labute approximate surface area is 198 Å². The van der Waals surface area contributed by atoms with Crippen molar-refractivity contribution in [2.75, 3.05) is 12.4 Å². The molecule has 2 aromatic carbocycles. The number of aromatic nitrogens is 1. The van der Waals surface area contributed by atoms with Gasteiger partial charge in [-0.2, -0.15) is 13.2 Å². The lowest BCUT2D eigenvalue weighted by Crippen LogP contribution is -2.28. The Morgan fingerprint density at radius 3 is 2.53 bits per heavy atom. The lowest BCUT2D eigenvalue weighted by Gasteiger charge is -2.13. The Bertz CT molecular complexity index is 1220. The van der Waals surface area contributed by atoms with Crippen LogP contribution in [0, 0.1) is 6.92 Å². The molecule has 0 saturated heterocycles. The fourth-order valence-corrected chi connectivity index (χ4v) is 3.19. The molecule has 3 aromatic rings. The first-order valence-corrected chi connectivity index (χ1v) is 10.3. The third kappa shape index (κ3) is 6.38. The molecule has 0 aliphatic carbocycles. The van der Waals surface area contributed by atoms with Crippen molar-refractivity contribution in [1.29, 1.82) is 0 Å². The number of carbonyl (C=O) groups excluding carboxylic acids is 2. The van der Waals surface area contributed by atoms with Gasteiger partial charge in [-0.3, -0.25) is 9.78 Å². The number of amides is 3. The summed E-state index contributed by atoms with van der Waals surface area (Å²) in [6.07, 6.45) is -3.17. The van der Waals surface area contributed by atoms with Crippen molar-refractivity contribution in [3.05, 3.63) is 82.1 Å². The second kappa shape index (κ2) is 10.4. The Hall–Kier alpha value is -3.79. The van der Waals surface area contributed by atoms with Gasteiger partial charge in [-0.1, -0.05) is 23.7 Å². The number of nitrogens with zero attached hydrogens (tertiary/aromatic N) is 1. The number of alkyl halides is 3. The number of carbonyl (C=O) groups is 2. The van der Waals surface area contributed by atoms with Crippen LogP contribution in [0.25, 0.3) is 0 Å². The van der Waals surface area contributed by atoms with Crippen molar-refractivity contribution in [2.24, 2.45) is 0 Å². The molecule has 0 saturated carbocycles. The molecular weight excluding hydrogens is 473 g/mol. The van der Waals surface area contributed by atoms with Crippen LogP contribution in [-0.2, 0) is 12.7 Å². The highest BCUT2D eigenvalue weighted by atomic mass is 35.5. The summed E-state index contributed by atoms with van der Waals surface area (Å²) in [5, 5.41) is 6.98. The number of anilines is 1. The number of aryl methyl sites for hydroxylation is 1. The van der Waals surface area contributed by atoms with Crippen LogP contribution in [0.1, 0.15) is 27.2 Å². The summed E-state index contributed by atoms with van der Waals surface area (Å²) in [7, 11) is 1.50. The topological polar surface area (TPSA) is 92.4 Å². The van der Waals surface area contributed by atoms with Gasteiger partial charge in [-0.25, -0.2) is 4.79 Å². The summed E-state index contributed by atoms with van der Waals surface area (Å²) in [5.41, 5.74) is 0.656. The molecule has 1 aromatic heterocycles. The summed E-state index contributed by atoms with van der Waals surface area (Å²) >= 11 is 5.59. The van der Waals surface area contributed by atoms with Gasteiger partial charge < -0.3 is 20.7 Å². The van der Waals surface area contributed by atoms with E-state index in [1.807, 2.05) is 6.92 Å². The maximum Gasteiger partial charge on any atom is 0.417 e. The van der Waals surface area contributed by atoms with E-state index in [1.54, 1.807) is 24.3 Å². The number of nitrogens with one attached hydrogen (secondary N) is 3. The SMILES string of the molecule is CNC(=O)c1cc(Oc2ccc(CNC(=O)Nc3ccc(Cl)c(C(F)(F)F)c3)cc2C)ccn1. The molecule has 11 heteroatoms. The fourth-order valence-electron chi connectivity index (χ4n) is 2.97. The summed E-state index contributed by atoms with van der Waals surface area (Å²) in [4.78, 5) is 27.8. The van der Waals surface area contributed by atoms with Crippen molar-refractivity contribution in [3.8, 4) is 11.5 Å². The molecule has 34 heavy (non-hydrogen) atoms. The molecule has 0 fully saturated rings. The molecule has 0 radical (unpaired) electrons. The van der Waals surface area contributed by atoms with Crippen LogP contribution >= 0.6 is 11.6 Å². The Balaban J connectivity index is 1.61. The minimum absolute atomic E-state index is 0.0392. The number of rotatable bonds is 6. The third-order valence-electron chi connectivity index (χ3n) is 4.64. The van der Waals surface area contributed by atoms with Gasteiger partial charge in [0.15, 0.2) is 0 Å². The monoisotopic (exact) mass is 492 g/mol. The quantitative estimate of drug-likeness (QED) is 0.421. The number of pyridine rings is 1. The lowest BCUT2D eigenvalue weighted by molar-refractivity contribution is -0.137. The van der Waals surface area contributed by atoms with E-state index >= 15 is 0 Å². The van der Waals surface area contributed by atoms with Crippen LogP contribution in [0.5, 0.6) is 11.5 Å². The van der Waals surface area contributed by atoms with Crippen LogP contribution in [0.3, 0.4) is 0 Å². The van der Waals surface area contributed by atoms with Crippen molar-refractivity contribution < 1.29 is 27.5 Å². The molecule has 0 aliphatic rings. The minimum atomic E-state index is -4.63. The van der Waals surface area contributed by atoms with Crippen molar-refractivity contribution in [2.45, 2.75) is 19.6 Å². The predicted octanol–water partition coefficient (Wildman–Crippen LogP) is 5.54. The van der Waals surface area contributed by atoms with E-state index in [0.29, 0.717) is 11.5 Å². The van der Waals surface area contributed by atoms with Crippen LogP contribution in [0.15, 0.2) is 54.7 Å². The molecule has 3 rings (SSSR count). The number of ether oxygens (including phenoxy) is 1. The number of benzene rings is 2. The largest absolute Gasteiger partial charge is 0.457 e. The molecule has 0 unspecified atom stereocenters. The summed E-state index contributed by atoms with van der Waals surface area (Å²) < 4.78 is 44.7. The van der Waals surface area contributed by atoms with Crippen molar-refractivity contribution >= 4 is 29.2 Å². The molecule has 1 heterocycles. The normalized spacial score (nSPS) is 11.0. The lowest BCUT2D eigenvalue weighted by atomic mass is 10.1. The molecule has 178 valence electrons. The second-order valence-corrected chi connectivity index (χ2v) is 7.57. The number of urea groups is 1. The molecule has 0 bridgehead atoms. The standard InChI is InChI=1S/C23H20ClF3N4O3/c1-13-9-14(3-6-20(13)34-16-7-8-29-19(11-16)21(32)28-2)12-30-22(33)31-15-4-5-18(24)17(10-15)23(25,26)27/h3-11H,12H2,1-2H3,(H,28,32)(H2,30,31,33). The van der Waals surface area contributed by atoms with Gasteiger partial charge in [0.05, 0.1) is 10.6 Å². The Kier molecular flexibility index (Phi) is 7.62. The summed E-state index contributed by atoms with van der Waals surface area (Å²) in [6.45, 7) is 1.94. The van der Waals surface area contributed by atoms with E-state index in [0.717, 1.165) is 23.3 Å². The molecule has 7 nitrogen and oxygen atoms in total. The molecule has 3 amide bonds. The van der Waals surface area contributed by atoms with E-state index in [4.69, 9.17) is 16.3 Å². The van der Waals surface area contributed by atoms with Crippen LogP contribution in [-0.4, -0.2) is 24.0 Å². The summed E-state index contributed by atoms with van der Waals surface area (Å²) in [6, 6.07) is 10.8. The third-order valence-corrected chi connectivity index (χ3v) is 4.97. The molecular formula is C23H20ClF3N4O3. The van der Waals surface area contributed by atoms with Crippen LogP contribution < -0.4 is 20.7 Å². The zero-order valence-corrected chi connectivity index (χ0v) is 18.8. The first-order valence-electron chi connectivity index (χ1n) is 9.94. The zero-order valence-electron chi connectivity index (χ0n) is 18.1. The van der Waals surface area contributed by atoms with Gasteiger partial charge in [-0.15, -0.1) is 0 Å². The van der Waals surface area contributed by atoms with E-state index in [1.165, 1.54) is 25.4 Å². The highest BCUT2D eigenvalue weighted by Crippen LogP contribution is 2.36. The first kappa shape index (κ1) is 24.8. The zero-order chi connectivity index (χ0) is 24.9. The van der Waals surface area contributed by atoms with Gasteiger partial charge in [0.25, 0.3) is 5.91 Å². The smallest absolute Gasteiger partial charge is 0.417 e. The Morgan fingerprint density at radius 1 is 1.09 bits per heavy atom. The predicted molar refractivity (Wildman–Crippen MR) is 121 cm³/mol. The maximum absolute atomic E-state index is 13.0.